The maximum absolute atomic E-state index is 10.7. The van der Waals surface area contributed by atoms with E-state index in [9.17, 15) is 5.11 Å². The third-order valence-corrected chi connectivity index (χ3v) is 6.97. The highest BCUT2D eigenvalue weighted by atomic mass is 32.1. The van der Waals surface area contributed by atoms with E-state index < -0.39 is 5.60 Å². The standard InChI is InChI=1S/C27H26N4OS/c32-27(13-4-5-14-27)15-10-22-19-33-24-23(22)30-25(21-11-17-28-18-12-21)31-26(24)29-16-6-9-20-7-2-1-3-8-20/h1-3,7-8,11-12,17-19,32H,4-6,9,13-14,16H2,(H,29,30,31). The molecule has 3 heterocycles. The number of thiophene rings is 1. The number of rotatable bonds is 6. The minimum atomic E-state index is -0.867. The molecular formula is C27H26N4OS. The number of aliphatic hydroxyl groups is 1. The molecule has 5 rings (SSSR count). The first kappa shape index (κ1) is 21.6. The van der Waals surface area contributed by atoms with Gasteiger partial charge in [0.1, 0.15) is 16.9 Å². The van der Waals surface area contributed by atoms with Crippen molar-refractivity contribution < 1.29 is 5.11 Å². The maximum atomic E-state index is 10.7. The van der Waals surface area contributed by atoms with E-state index in [4.69, 9.17) is 9.97 Å². The van der Waals surface area contributed by atoms with Crippen LogP contribution in [0.1, 0.15) is 43.2 Å². The number of aryl methyl sites for hydroxylation is 1. The van der Waals surface area contributed by atoms with Gasteiger partial charge in [0.25, 0.3) is 0 Å². The van der Waals surface area contributed by atoms with Gasteiger partial charge in [-0.05, 0) is 56.2 Å². The fraction of sp³-hybridized carbons (Fsp3) is 0.296. The Morgan fingerprint density at radius 3 is 2.61 bits per heavy atom. The molecule has 33 heavy (non-hydrogen) atoms. The highest BCUT2D eigenvalue weighted by Gasteiger charge is 2.28. The molecule has 1 aliphatic rings. The molecule has 166 valence electrons. The van der Waals surface area contributed by atoms with E-state index in [0.29, 0.717) is 5.82 Å². The van der Waals surface area contributed by atoms with Gasteiger partial charge in [0, 0.05) is 29.9 Å². The van der Waals surface area contributed by atoms with Gasteiger partial charge in [-0.1, -0.05) is 42.2 Å². The maximum Gasteiger partial charge on any atom is 0.162 e. The van der Waals surface area contributed by atoms with Crippen LogP contribution in [0.4, 0.5) is 5.82 Å². The SMILES string of the molecule is OC1(C#Cc2csc3c(NCCCc4ccccc4)nc(-c4ccncc4)nc23)CCCC1. The van der Waals surface area contributed by atoms with Crippen LogP contribution < -0.4 is 5.32 Å². The number of nitrogens with one attached hydrogen (secondary N) is 1. The van der Waals surface area contributed by atoms with E-state index in [-0.39, 0.29) is 0 Å². The summed E-state index contributed by atoms with van der Waals surface area (Å²) in [4.78, 5) is 13.8. The smallest absolute Gasteiger partial charge is 0.162 e. The average Bonchev–Trinajstić information content (AvgIpc) is 3.48. The van der Waals surface area contributed by atoms with Crippen molar-refractivity contribution in [2.24, 2.45) is 0 Å². The summed E-state index contributed by atoms with van der Waals surface area (Å²) in [5, 5.41) is 16.2. The second-order valence-corrected chi connectivity index (χ2v) is 9.34. The van der Waals surface area contributed by atoms with Crippen LogP contribution in [0.5, 0.6) is 0 Å². The molecule has 3 aromatic heterocycles. The molecule has 0 amide bonds. The van der Waals surface area contributed by atoms with E-state index >= 15 is 0 Å². The van der Waals surface area contributed by atoms with Crippen LogP contribution in [0.3, 0.4) is 0 Å². The first-order valence-electron chi connectivity index (χ1n) is 11.4. The largest absolute Gasteiger partial charge is 0.378 e. The number of hydrogen-bond donors (Lipinski definition) is 2. The quantitative estimate of drug-likeness (QED) is 0.299. The van der Waals surface area contributed by atoms with Crippen LogP contribution >= 0.6 is 11.3 Å². The first-order valence-corrected chi connectivity index (χ1v) is 12.3. The van der Waals surface area contributed by atoms with Crippen molar-refractivity contribution in [2.45, 2.75) is 44.1 Å². The molecule has 0 radical (unpaired) electrons. The first-order chi connectivity index (χ1) is 16.2. The molecule has 1 aromatic carbocycles. The Labute approximate surface area is 198 Å². The Kier molecular flexibility index (Phi) is 6.34. The summed E-state index contributed by atoms with van der Waals surface area (Å²) in [7, 11) is 0. The van der Waals surface area contributed by atoms with Crippen molar-refractivity contribution in [2.75, 3.05) is 11.9 Å². The van der Waals surface area contributed by atoms with Crippen molar-refractivity contribution in [1.82, 2.24) is 15.0 Å². The zero-order valence-corrected chi connectivity index (χ0v) is 19.2. The zero-order chi connectivity index (χ0) is 22.5. The zero-order valence-electron chi connectivity index (χ0n) is 18.4. The molecule has 1 fully saturated rings. The van der Waals surface area contributed by atoms with E-state index in [1.807, 2.05) is 23.6 Å². The van der Waals surface area contributed by atoms with Crippen LogP contribution in [0.2, 0.25) is 0 Å². The Morgan fingerprint density at radius 1 is 1.03 bits per heavy atom. The van der Waals surface area contributed by atoms with Gasteiger partial charge < -0.3 is 10.4 Å². The number of nitrogens with zero attached hydrogens (tertiary/aromatic N) is 3. The topological polar surface area (TPSA) is 70.9 Å². The third-order valence-electron chi connectivity index (χ3n) is 5.99. The van der Waals surface area contributed by atoms with E-state index in [2.05, 4.69) is 46.4 Å². The minimum absolute atomic E-state index is 0.650. The molecule has 5 nitrogen and oxygen atoms in total. The number of anilines is 1. The Bertz CT molecular complexity index is 1290. The normalized spacial score (nSPS) is 14.7. The van der Waals surface area contributed by atoms with Gasteiger partial charge in [-0.3, -0.25) is 4.98 Å². The van der Waals surface area contributed by atoms with Gasteiger partial charge in [0.2, 0.25) is 0 Å². The molecule has 0 aliphatic heterocycles. The number of aromatic nitrogens is 3. The van der Waals surface area contributed by atoms with Crippen LogP contribution in [-0.4, -0.2) is 32.2 Å². The highest BCUT2D eigenvalue weighted by molar-refractivity contribution is 7.18. The summed E-state index contributed by atoms with van der Waals surface area (Å²) in [6.07, 6.45) is 9.06. The molecule has 0 saturated heterocycles. The van der Waals surface area contributed by atoms with Gasteiger partial charge in [-0.15, -0.1) is 11.3 Å². The predicted molar refractivity (Wildman–Crippen MR) is 134 cm³/mol. The van der Waals surface area contributed by atoms with Crippen molar-refractivity contribution in [1.29, 1.82) is 0 Å². The summed E-state index contributed by atoms with van der Waals surface area (Å²) in [5.41, 5.74) is 3.07. The van der Waals surface area contributed by atoms with Crippen LogP contribution in [0, 0.1) is 11.8 Å². The molecule has 0 spiro atoms. The van der Waals surface area contributed by atoms with Crippen LogP contribution in [0.25, 0.3) is 21.6 Å². The van der Waals surface area contributed by atoms with Gasteiger partial charge in [0.05, 0.1) is 10.3 Å². The Morgan fingerprint density at radius 2 is 1.82 bits per heavy atom. The lowest BCUT2D eigenvalue weighted by Crippen LogP contribution is -2.20. The molecule has 4 aromatic rings. The number of benzene rings is 1. The van der Waals surface area contributed by atoms with Crippen molar-refractivity contribution in [3.05, 3.63) is 71.4 Å². The second-order valence-electron chi connectivity index (χ2n) is 8.46. The lowest BCUT2D eigenvalue weighted by atomic mass is 10.0. The lowest BCUT2D eigenvalue weighted by molar-refractivity contribution is 0.110. The molecule has 2 N–H and O–H groups in total. The number of pyridine rings is 1. The van der Waals surface area contributed by atoms with E-state index in [1.165, 1.54) is 5.56 Å². The fourth-order valence-corrected chi connectivity index (χ4v) is 5.07. The fourth-order valence-electron chi connectivity index (χ4n) is 4.17. The van der Waals surface area contributed by atoms with Gasteiger partial charge in [0.15, 0.2) is 5.82 Å². The lowest BCUT2D eigenvalue weighted by Gasteiger charge is -2.12. The van der Waals surface area contributed by atoms with Gasteiger partial charge in [-0.25, -0.2) is 9.97 Å². The molecule has 6 heteroatoms. The average molecular weight is 455 g/mol. The molecule has 1 aliphatic carbocycles. The number of hydrogen-bond acceptors (Lipinski definition) is 6. The summed E-state index contributed by atoms with van der Waals surface area (Å²) in [6, 6.07) is 14.4. The van der Waals surface area contributed by atoms with Crippen molar-refractivity contribution >= 4 is 27.4 Å². The van der Waals surface area contributed by atoms with Gasteiger partial charge in [-0.2, -0.15) is 0 Å². The van der Waals surface area contributed by atoms with Crippen LogP contribution in [-0.2, 0) is 6.42 Å². The van der Waals surface area contributed by atoms with Gasteiger partial charge >= 0.3 is 0 Å². The molecule has 0 unspecified atom stereocenters. The Balaban J connectivity index is 1.44. The molecule has 0 atom stereocenters. The summed E-state index contributed by atoms with van der Waals surface area (Å²) >= 11 is 1.60. The molecular weight excluding hydrogens is 428 g/mol. The van der Waals surface area contributed by atoms with E-state index in [1.54, 1.807) is 23.7 Å². The van der Waals surface area contributed by atoms with Crippen molar-refractivity contribution in [3.8, 4) is 23.2 Å². The third kappa shape index (κ3) is 5.05. The number of fused-ring (bicyclic) bond motifs is 1. The van der Waals surface area contributed by atoms with E-state index in [0.717, 1.165) is 72.2 Å². The summed E-state index contributed by atoms with van der Waals surface area (Å²) in [6.45, 7) is 0.815. The molecule has 1 saturated carbocycles. The predicted octanol–water partition coefficient (Wildman–Crippen LogP) is 5.45. The monoisotopic (exact) mass is 454 g/mol. The highest BCUT2D eigenvalue weighted by Crippen LogP contribution is 2.33. The Hall–Kier alpha value is -3.27. The van der Waals surface area contributed by atoms with Crippen molar-refractivity contribution in [3.63, 3.8) is 0 Å². The molecule has 0 bridgehead atoms. The minimum Gasteiger partial charge on any atom is -0.378 e. The second kappa shape index (κ2) is 9.70. The summed E-state index contributed by atoms with van der Waals surface area (Å²) < 4.78 is 0.996. The summed E-state index contributed by atoms with van der Waals surface area (Å²) in [5.74, 6) is 7.83. The van der Waals surface area contributed by atoms with Crippen LogP contribution in [0.15, 0.2) is 60.2 Å².